The topological polar surface area (TPSA) is 55.8 Å². The minimum Gasteiger partial charge on any atom is -0.502 e. The molecule has 1 N–H and O–H groups in total. The molecule has 0 unspecified atom stereocenters. The summed E-state index contributed by atoms with van der Waals surface area (Å²) in [5.41, 5.74) is 1.95. The van der Waals surface area contributed by atoms with Crippen LogP contribution in [-0.4, -0.2) is 24.1 Å². The van der Waals surface area contributed by atoms with E-state index < -0.39 is 0 Å². The van der Waals surface area contributed by atoms with Crippen molar-refractivity contribution >= 4 is 11.9 Å². The zero-order chi connectivity index (χ0) is 20.0. The van der Waals surface area contributed by atoms with Crippen LogP contribution in [0.25, 0.3) is 6.08 Å². The van der Waals surface area contributed by atoms with Crippen LogP contribution in [0.3, 0.4) is 0 Å². The van der Waals surface area contributed by atoms with Gasteiger partial charge in [-0.25, -0.2) is 0 Å². The van der Waals surface area contributed by atoms with E-state index >= 15 is 0 Å². The molecule has 4 nitrogen and oxygen atoms in total. The number of benzene rings is 2. The van der Waals surface area contributed by atoms with Crippen LogP contribution in [-0.2, 0) is 5.41 Å². The summed E-state index contributed by atoms with van der Waals surface area (Å²) in [6, 6.07) is 10.9. The summed E-state index contributed by atoms with van der Waals surface area (Å²) in [6.45, 7) is 10.7. The SMILES string of the molecule is CCOc1cc(C=CC(=O)c2ccccc2)c(C(C)(C)C)c(OCC)c1O. The van der Waals surface area contributed by atoms with Gasteiger partial charge in [0.05, 0.1) is 13.2 Å². The number of ether oxygens (including phenoxy) is 2. The average Bonchev–Trinajstić information content (AvgIpc) is 2.63. The summed E-state index contributed by atoms with van der Waals surface area (Å²) >= 11 is 0. The van der Waals surface area contributed by atoms with Crippen molar-refractivity contribution in [2.45, 2.75) is 40.0 Å². The molecule has 0 saturated heterocycles. The number of hydrogen-bond acceptors (Lipinski definition) is 4. The Balaban J connectivity index is 2.58. The summed E-state index contributed by atoms with van der Waals surface area (Å²) in [4.78, 5) is 12.5. The molecule has 4 heteroatoms. The number of allylic oxidation sites excluding steroid dienone is 1. The fourth-order valence-corrected chi connectivity index (χ4v) is 2.96. The Hall–Kier alpha value is -2.75. The van der Waals surface area contributed by atoms with Gasteiger partial charge in [0.25, 0.3) is 0 Å². The number of hydrogen-bond donors (Lipinski definition) is 1. The van der Waals surface area contributed by atoms with E-state index in [1.165, 1.54) is 0 Å². The van der Waals surface area contributed by atoms with Gasteiger partial charge in [-0.2, -0.15) is 0 Å². The van der Waals surface area contributed by atoms with Gasteiger partial charge in [-0.15, -0.1) is 0 Å². The van der Waals surface area contributed by atoms with E-state index in [1.54, 1.807) is 30.4 Å². The minimum atomic E-state index is -0.303. The highest BCUT2D eigenvalue weighted by molar-refractivity contribution is 6.06. The summed E-state index contributed by atoms with van der Waals surface area (Å²) in [7, 11) is 0. The third kappa shape index (κ3) is 4.91. The van der Waals surface area contributed by atoms with Crippen molar-refractivity contribution in [2.75, 3.05) is 13.2 Å². The van der Waals surface area contributed by atoms with Crippen LogP contribution < -0.4 is 9.47 Å². The van der Waals surface area contributed by atoms with Gasteiger partial charge in [0.2, 0.25) is 5.75 Å². The van der Waals surface area contributed by atoms with Crippen molar-refractivity contribution in [3.8, 4) is 17.2 Å². The van der Waals surface area contributed by atoms with Gasteiger partial charge in [-0.05, 0) is 37.0 Å². The second-order valence-corrected chi connectivity index (χ2v) is 7.20. The lowest BCUT2D eigenvalue weighted by molar-refractivity contribution is 0.104. The van der Waals surface area contributed by atoms with Crippen molar-refractivity contribution in [3.63, 3.8) is 0 Å². The maximum Gasteiger partial charge on any atom is 0.201 e. The largest absolute Gasteiger partial charge is 0.502 e. The molecule has 0 atom stereocenters. The first-order chi connectivity index (χ1) is 12.8. The molecule has 27 heavy (non-hydrogen) atoms. The zero-order valence-electron chi connectivity index (χ0n) is 16.7. The monoisotopic (exact) mass is 368 g/mol. The Morgan fingerprint density at radius 1 is 1.07 bits per heavy atom. The van der Waals surface area contributed by atoms with Crippen LogP contribution >= 0.6 is 0 Å². The number of carbonyl (C=O) groups is 1. The quantitative estimate of drug-likeness (QED) is 0.526. The van der Waals surface area contributed by atoms with E-state index in [0.29, 0.717) is 30.3 Å². The Morgan fingerprint density at radius 2 is 1.70 bits per heavy atom. The standard InChI is InChI=1S/C23H28O4/c1-6-26-19-15-17(13-14-18(24)16-11-9-8-10-12-16)20(23(3,4)5)22(21(19)25)27-7-2/h8-15,25H,6-7H2,1-5H3. The average molecular weight is 368 g/mol. The first kappa shape index (κ1) is 20.6. The molecule has 0 saturated carbocycles. The summed E-state index contributed by atoms with van der Waals surface area (Å²) in [6.07, 6.45) is 3.31. The van der Waals surface area contributed by atoms with Crippen molar-refractivity contribution in [1.29, 1.82) is 0 Å². The van der Waals surface area contributed by atoms with Gasteiger partial charge >= 0.3 is 0 Å². The van der Waals surface area contributed by atoms with E-state index in [0.717, 1.165) is 11.1 Å². The Kier molecular flexibility index (Phi) is 6.67. The molecule has 2 rings (SSSR count). The number of phenolic OH excluding ortho intramolecular Hbond substituents is 1. The van der Waals surface area contributed by atoms with Gasteiger partial charge in [0.15, 0.2) is 17.3 Å². The molecule has 0 amide bonds. The van der Waals surface area contributed by atoms with Crippen molar-refractivity contribution in [3.05, 3.63) is 59.2 Å². The van der Waals surface area contributed by atoms with E-state index in [2.05, 4.69) is 0 Å². The second kappa shape index (κ2) is 8.76. The number of ketones is 1. The van der Waals surface area contributed by atoms with E-state index in [9.17, 15) is 9.90 Å². The molecule has 0 aromatic heterocycles. The highest BCUT2D eigenvalue weighted by atomic mass is 16.5. The number of phenols is 1. The van der Waals surface area contributed by atoms with Crippen LogP contribution in [0.4, 0.5) is 0 Å². The lowest BCUT2D eigenvalue weighted by atomic mass is 9.82. The summed E-state index contributed by atoms with van der Waals surface area (Å²) in [5, 5.41) is 10.6. The van der Waals surface area contributed by atoms with Crippen LogP contribution in [0.15, 0.2) is 42.5 Å². The number of carbonyl (C=O) groups excluding carboxylic acids is 1. The van der Waals surface area contributed by atoms with Gasteiger partial charge in [0, 0.05) is 11.1 Å². The van der Waals surface area contributed by atoms with Crippen LogP contribution in [0.1, 0.15) is 56.1 Å². The zero-order valence-corrected chi connectivity index (χ0v) is 16.7. The van der Waals surface area contributed by atoms with E-state index in [1.807, 2.05) is 52.8 Å². The molecule has 0 aliphatic rings. The fraction of sp³-hybridized carbons (Fsp3) is 0.348. The molecule has 0 aliphatic carbocycles. The smallest absolute Gasteiger partial charge is 0.201 e. The third-order valence-electron chi connectivity index (χ3n) is 4.06. The lowest BCUT2D eigenvalue weighted by Gasteiger charge is -2.27. The summed E-state index contributed by atoms with van der Waals surface area (Å²) in [5.74, 6) is 0.665. The van der Waals surface area contributed by atoms with E-state index in [4.69, 9.17) is 9.47 Å². The molecule has 0 bridgehead atoms. The summed E-state index contributed by atoms with van der Waals surface area (Å²) < 4.78 is 11.3. The predicted molar refractivity (Wildman–Crippen MR) is 109 cm³/mol. The van der Waals surface area contributed by atoms with Crippen molar-refractivity contribution < 1.29 is 19.4 Å². The molecule has 2 aromatic rings. The lowest BCUT2D eigenvalue weighted by Crippen LogP contribution is -2.16. The molecule has 0 fully saturated rings. The van der Waals surface area contributed by atoms with Crippen LogP contribution in [0.2, 0.25) is 0 Å². The van der Waals surface area contributed by atoms with E-state index in [-0.39, 0.29) is 16.9 Å². The highest BCUT2D eigenvalue weighted by Crippen LogP contribution is 2.46. The molecule has 2 aromatic carbocycles. The van der Waals surface area contributed by atoms with Gasteiger partial charge in [-0.1, -0.05) is 57.2 Å². The van der Waals surface area contributed by atoms with Gasteiger partial charge < -0.3 is 14.6 Å². The van der Waals surface area contributed by atoms with Crippen LogP contribution in [0.5, 0.6) is 17.2 Å². The third-order valence-corrected chi connectivity index (χ3v) is 4.06. The van der Waals surface area contributed by atoms with Crippen molar-refractivity contribution in [2.24, 2.45) is 0 Å². The predicted octanol–water partition coefficient (Wildman–Crippen LogP) is 5.38. The van der Waals surface area contributed by atoms with Crippen molar-refractivity contribution in [1.82, 2.24) is 0 Å². The normalized spacial score (nSPS) is 11.6. The molecule has 0 spiro atoms. The second-order valence-electron chi connectivity index (χ2n) is 7.20. The van der Waals surface area contributed by atoms with Crippen LogP contribution in [0, 0.1) is 0 Å². The highest BCUT2D eigenvalue weighted by Gasteiger charge is 2.27. The Bertz CT molecular complexity index is 815. The Morgan fingerprint density at radius 3 is 2.26 bits per heavy atom. The fourth-order valence-electron chi connectivity index (χ4n) is 2.96. The number of rotatable bonds is 7. The molecular formula is C23H28O4. The molecule has 0 heterocycles. The molecule has 0 radical (unpaired) electrons. The first-order valence-corrected chi connectivity index (χ1v) is 9.23. The molecular weight excluding hydrogens is 340 g/mol. The maximum atomic E-state index is 12.5. The minimum absolute atomic E-state index is 0.00448. The van der Waals surface area contributed by atoms with Gasteiger partial charge in [0.1, 0.15) is 0 Å². The number of aromatic hydroxyl groups is 1. The Labute approximate surface area is 161 Å². The molecule has 144 valence electrons. The molecule has 0 aliphatic heterocycles. The maximum absolute atomic E-state index is 12.5. The van der Waals surface area contributed by atoms with Gasteiger partial charge in [-0.3, -0.25) is 4.79 Å². The first-order valence-electron chi connectivity index (χ1n) is 9.23.